The number of hydrogen-bond acceptors (Lipinski definition) is 3. The van der Waals surface area contributed by atoms with Crippen LogP contribution in [-0.2, 0) is 13.5 Å². The Morgan fingerprint density at radius 1 is 1.50 bits per heavy atom. The van der Waals surface area contributed by atoms with Crippen LogP contribution in [0.25, 0.3) is 0 Å². The fourth-order valence-electron chi connectivity index (χ4n) is 1.97. The molecule has 1 aromatic carbocycles. The Balaban J connectivity index is 2.19. The van der Waals surface area contributed by atoms with Crippen LogP contribution in [0.1, 0.15) is 22.7 Å². The van der Waals surface area contributed by atoms with Crippen molar-refractivity contribution < 1.29 is 4.39 Å². The molecule has 0 fully saturated rings. The number of nitrogens with zero attached hydrogens (tertiary/aromatic N) is 2. The highest BCUT2D eigenvalue weighted by molar-refractivity contribution is 5.27. The van der Waals surface area contributed by atoms with Crippen molar-refractivity contribution in [3.8, 4) is 0 Å². The minimum absolute atomic E-state index is 0.0477. The van der Waals surface area contributed by atoms with Gasteiger partial charge in [-0.25, -0.2) is 4.39 Å². The van der Waals surface area contributed by atoms with Crippen LogP contribution in [0.15, 0.2) is 30.6 Å². The standard InChI is InChI=1S/C13H17FN4/c1-9-5-11(3-4-12(9)14)13(17-15)6-10-7-16-18(2)8-10/h3-5,7-8,13,17H,6,15H2,1-2H3. The smallest absolute Gasteiger partial charge is 0.126 e. The summed E-state index contributed by atoms with van der Waals surface area (Å²) in [7, 11) is 1.87. The van der Waals surface area contributed by atoms with Crippen LogP contribution in [0, 0.1) is 12.7 Å². The van der Waals surface area contributed by atoms with Crippen LogP contribution in [0.2, 0.25) is 0 Å². The molecule has 1 atom stereocenters. The van der Waals surface area contributed by atoms with E-state index < -0.39 is 0 Å². The van der Waals surface area contributed by atoms with E-state index in [0.29, 0.717) is 5.56 Å². The van der Waals surface area contributed by atoms with E-state index in [1.165, 1.54) is 6.07 Å². The second-order valence-electron chi connectivity index (χ2n) is 4.45. The minimum Gasteiger partial charge on any atom is -0.276 e. The van der Waals surface area contributed by atoms with Crippen molar-refractivity contribution in [2.45, 2.75) is 19.4 Å². The third-order valence-electron chi connectivity index (χ3n) is 2.98. The molecule has 0 aliphatic heterocycles. The van der Waals surface area contributed by atoms with Crippen LogP contribution < -0.4 is 11.3 Å². The van der Waals surface area contributed by atoms with Crippen molar-refractivity contribution in [2.24, 2.45) is 12.9 Å². The van der Waals surface area contributed by atoms with E-state index in [2.05, 4.69) is 10.5 Å². The summed E-state index contributed by atoms with van der Waals surface area (Å²) in [5, 5.41) is 4.12. The van der Waals surface area contributed by atoms with Crippen LogP contribution >= 0.6 is 0 Å². The lowest BCUT2D eigenvalue weighted by molar-refractivity contribution is 0.548. The highest BCUT2D eigenvalue weighted by Crippen LogP contribution is 2.19. The molecule has 4 nitrogen and oxygen atoms in total. The van der Waals surface area contributed by atoms with Crippen LogP contribution in [0.3, 0.4) is 0 Å². The maximum absolute atomic E-state index is 13.2. The first kappa shape index (κ1) is 12.7. The van der Waals surface area contributed by atoms with Crippen molar-refractivity contribution >= 4 is 0 Å². The van der Waals surface area contributed by atoms with E-state index in [4.69, 9.17) is 5.84 Å². The molecular formula is C13H17FN4. The third kappa shape index (κ3) is 2.75. The van der Waals surface area contributed by atoms with Gasteiger partial charge in [-0.3, -0.25) is 16.0 Å². The second-order valence-corrected chi connectivity index (χ2v) is 4.45. The zero-order chi connectivity index (χ0) is 13.1. The van der Waals surface area contributed by atoms with E-state index in [9.17, 15) is 4.39 Å². The van der Waals surface area contributed by atoms with E-state index in [1.807, 2.05) is 19.3 Å². The number of aryl methyl sites for hydroxylation is 2. The van der Waals surface area contributed by atoms with Gasteiger partial charge >= 0.3 is 0 Å². The highest BCUT2D eigenvalue weighted by Gasteiger charge is 2.12. The van der Waals surface area contributed by atoms with Gasteiger partial charge in [0.05, 0.1) is 12.2 Å². The summed E-state index contributed by atoms with van der Waals surface area (Å²) >= 11 is 0. The van der Waals surface area contributed by atoms with Crippen molar-refractivity contribution in [3.63, 3.8) is 0 Å². The summed E-state index contributed by atoms with van der Waals surface area (Å²) < 4.78 is 15.0. The molecule has 18 heavy (non-hydrogen) atoms. The summed E-state index contributed by atoms with van der Waals surface area (Å²) in [5.41, 5.74) is 5.45. The zero-order valence-electron chi connectivity index (χ0n) is 10.5. The number of aromatic nitrogens is 2. The van der Waals surface area contributed by atoms with Gasteiger partial charge in [-0.05, 0) is 36.1 Å². The first-order chi connectivity index (χ1) is 8.60. The van der Waals surface area contributed by atoms with Gasteiger partial charge in [-0.15, -0.1) is 0 Å². The number of hydrazine groups is 1. The molecule has 0 saturated heterocycles. The Bertz CT molecular complexity index is 536. The number of halogens is 1. The van der Waals surface area contributed by atoms with Gasteiger partial charge in [0.1, 0.15) is 5.82 Å². The van der Waals surface area contributed by atoms with Crippen molar-refractivity contribution in [2.75, 3.05) is 0 Å². The van der Waals surface area contributed by atoms with Gasteiger partial charge in [0.25, 0.3) is 0 Å². The molecule has 1 unspecified atom stereocenters. The molecule has 0 saturated carbocycles. The number of nitrogens with one attached hydrogen (secondary N) is 1. The number of hydrogen-bond donors (Lipinski definition) is 2. The largest absolute Gasteiger partial charge is 0.276 e. The van der Waals surface area contributed by atoms with Crippen LogP contribution in [0.5, 0.6) is 0 Å². The molecule has 96 valence electrons. The van der Waals surface area contributed by atoms with Crippen molar-refractivity contribution in [1.82, 2.24) is 15.2 Å². The summed E-state index contributed by atoms with van der Waals surface area (Å²) in [6.07, 6.45) is 4.47. The Labute approximate surface area is 106 Å². The van der Waals surface area contributed by atoms with Gasteiger partial charge in [-0.2, -0.15) is 5.10 Å². The molecule has 0 amide bonds. The predicted octanol–water partition coefficient (Wildman–Crippen LogP) is 1.61. The second kappa shape index (κ2) is 5.29. The quantitative estimate of drug-likeness (QED) is 0.638. The molecule has 0 radical (unpaired) electrons. The normalized spacial score (nSPS) is 12.7. The fraction of sp³-hybridized carbons (Fsp3) is 0.308. The Kier molecular flexibility index (Phi) is 3.74. The molecule has 0 aliphatic rings. The van der Waals surface area contributed by atoms with Crippen molar-refractivity contribution in [1.29, 1.82) is 0 Å². The first-order valence-electron chi connectivity index (χ1n) is 5.80. The Hall–Kier alpha value is -1.72. The van der Waals surface area contributed by atoms with Gasteiger partial charge < -0.3 is 0 Å². The monoisotopic (exact) mass is 248 g/mol. The fourth-order valence-corrected chi connectivity index (χ4v) is 1.97. The average Bonchev–Trinajstić information content (AvgIpc) is 2.75. The van der Waals surface area contributed by atoms with Gasteiger partial charge in [-0.1, -0.05) is 12.1 Å². The van der Waals surface area contributed by atoms with Crippen LogP contribution in [-0.4, -0.2) is 9.78 Å². The summed E-state index contributed by atoms with van der Waals surface area (Å²) in [6, 6.07) is 4.99. The zero-order valence-corrected chi connectivity index (χ0v) is 10.5. The lowest BCUT2D eigenvalue weighted by atomic mass is 9.99. The molecule has 1 heterocycles. The third-order valence-corrected chi connectivity index (χ3v) is 2.98. The maximum atomic E-state index is 13.2. The van der Waals surface area contributed by atoms with Gasteiger partial charge in [0.2, 0.25) is 0 Å². The molecule has 0 aliphatic carbocycles. The molecule has 2 rings (SSSR count). The van der Waals surface area contributed by atoms with Crippen molar-refractivity contribution in [3.05, 3.63) is 53.1 Å². The molecule has 3 N–H and O–H groups in total. The molecule has 2 aromatic rings. The molecule has 1 aromatic heterocycles. The molecule has 0 spiro atoms. The SMILES string of the molecule is Cc1cc(C(Cc2cnn(C)c2)NN)ccc1F. The summed E-state index contributed by atoms with van der Waals surface area (Å²) in [5.74, 6) is 5.38. The first-order valence-corrected chi connectivity index (χ1v) is 5.80. The van der Waals surface area contributed by atoms with E-state index >= 15 is 0 Å². The number of rotatable bonds is 4. The van der Waals surface area contributed by atoms with E-state index in [-0.39, 0.29) is 11.9 Å². The van der Waals surface area contributed by atoms with Gasteiger partial charge in [0, 0.05) is 13.2 Å². The molecule has 0 bridgehead atoms. The minimum atomic E-state index is -0.198. The summed E-state index contributed by atoms with van der Waals surface area (Å²) in [6.45, 7) is 1.75. The topological polar surface area (TPSA) is 55.9 Å². The van der Waals surface area contributed by atoms with Crippen LogP contribution in [0.4, 0.5) is 4.39 Å². The highest BCUT2D eigenvalue weighted by atomic mass is 19.1. The lowest BCUT2D eigenvalue weighted by Crippen LogP contribution is -2.29. The number of benzene rings is 1. The molecular weight excluding hydrogens is 231 g/mol. The van der Waals surface area contributed by atoms with E-state index in [0.717, 1.165) is 17.5 Å². The number of nitrogens with two attached hydrogens (primary N) is 1. The molecule has 5 heteroatoms. The average molecular weight is 248 g/mol. The van der Waals surface area contributed by atoms with Gasteiger partial charge in [0.15, 0.2) is 0 Å². The predicted molar refractivity (Wildman–Crippen MR) is 68.1 cm³/mol. The Morgan fingerprint density at radius 3 is 2.83 bits per heavy atom. The lowest BCUT2D eigenvalue weighted by Gasteiger charge is -2.16. The summed E-state index contributed by atoms with van der Waals surface area (Å²) in [4.78, 5) is 0. The maximum Gasteiger partial charge on any atom is 0.126 e. The Morgan fingerprint density at radius 2 is 2.28 bits per heavy atom. The van der Waals surface area contributed by atoms with E-state index in [1.54, 1.807) is 23.9 Å².